The number of Topliss-reactive ketones (excluding diaryl/α,β-unsaturated/α-hetero) is 1. The topological polar surface area (TPSA) is 57.5 Å². The lowest BCUT2D eigenvalue weighted by molar-refractivity contribution is -0.169. The molecule has 4 aliphatic carbocycles. The minimum absolute atomic E-state index is 0.234. The third-order valence-electron chi connectivity index (χ3n) is 9.55. The second-order valence-corrected chi connectivity index (χ2v) is 10.4. The van der Waals surface area contributed by atoms with E-state index in [-0.39, 0.29) is 23.5 Å². The Hall–Kier alpha value is -0.410. The van der Waals surface area contributed by atoms with Gasteiger partial charge < -0.3 is 10.2 Å². The van der Waals surface area contributed by atoms with Gasteiger partial charge in [0.05, 0.1) is 6.10 Å². The fraction of sp³-hybridized carbons (Fsp3) is 0.955. The van der Waals surface area contributed by atoms with Crippen molar-refractivity contribution in [2.24, 2.45) is 46.3 Å². The molecule has 0 aromatic carbocycles. The van der Waals surface area contributed by atoms with Crippen LogP contribution in [0, 0.1) is 46.3 Å². The van der Waals surface area contributed by atoms with Gasteiger partial charge in [-0.3, -0.25) is 4.79 Å². The highest BCUT2D eigenvalue weighted by Crippen LogP contribution is 2.67. The first kappa shape index (κ1) is 18.0. The average Bonchev–Trinajstić information content (AvgIpc) is 2.93. The van der Waals surface area contributed by atoms with Crippen LogP contribution in [0.25, 0.3) is 0 Å². The van der Waals surface area contributed by atoms with E-state index in [1.54, 1.807) is 0 Å². The molecule has 142 valence electrons. The van der Waals surface area contributed by atoms with E-state index in [4.69, 9.17) is 0 Å². The van der Waals surface area contributed by atoms with Crippen LogP contribution in [0.1, 0.15) is 72.1 Å². The number of aliphatic hydroxyl groups excluding tert-OH is 2. The molecule has 9 atom stereocenters. The minimum Gasteiger partial charge on any atom is -0.396 e. The van der Waals surface area contributed by atoms with Gasteiger partial charge >= 0.3 is 0 Å². The van der Waals surface area contributed by atoms with E-state index in [0.717, 1.165) is 19.3 Å². The predicted octanol–water partition coefficient (Wildman–Crippen LogP) is 3.81. The van der Waals surface area contributed by atoms with Gasteiger partial charge in [0.25, 0.3) is 0 Å². The number of carbonyl (C=O) groups excluding carboxylic acids is 1. The summed E-state index contributed by atoms with van der Waals surface area (Å²) in [4.78, 5) is 12.0. The molecule has 3 heteroatoms. The Morgan fingerprint density at radius 2 is 1.84 bits per heavy atom. The summed E-state index contributed by atoms with van der Waals surface area (Å²) < 4.78 is 0. The molecule has 0 amide bonds. The number of aliphatic hydroxyl groups is 2. The molecule has 4 saturated carbocycles. The normalized spacial score (nSPS) is 53.7. The van der Waals surface area contributed by atoms with Gasteiger partial charge in [-0.05, 0) is 84.9 Å². The van der Waals surface area contributed by atoms with E-state index in [0.29, 0.717) is 47.7 Å². The maximum absolute atomic E-state index is 12.0. The Bertz CT molecular complexity index is 545. The number of hydrogen-bond donors (Lipinski definition) is 2. The van der Waals surface area contributed by atoms with E-state index in [1.165, 1.54) is 25.7 Å². The summed E-state index contributed by atoms with van der Waals surface area (Å²) in [7, 11) is 0. The monoisotopic (exact) mass is 348 g/mol. The molecule has 4 aliphatic rings. The Labute approximate surface area is 152 Å². The molecule has 0 bridgehead atoms. The highest BCUT2D eigenvalue weighted by atomic mass is 16.3. The summed E-state index contributed by atoms with van der Waals surface area (Å²) in [5.74, 6) is 3.33. The summed E-state index contributed by atoms with van der Waals surface area (Å²) >= 11 is 0. The molecule has 25 heavy (non-hydrogen) atoms. The van der Waals surface area contributed by atoms with Crippen molar-refractivity contribution in [3.8, 4) is 0 Å². The van der Waals surface area contributed by atoms with Crippen molar-refractivity contribution in [2.75, 3.05) is 6.61 Å². The molecule has 3 nitrogen and oxygen atoms in total. The van der Waals surface area contributed by atoms with Gasteiger partial charge in [-0.2, -0.15) is 0 Å². The van der Waals surface area contributed by atoms with Crippen LogP contribution in [0.15, 0.2) is 0 Å². The van der Waals surface area contributed by atoms with Gasteiger partial charge in [0, 0.05) is 19.4 Å². The van der Waals surface area contributed by atoms with E-state index >= 15 is 0 Å². The highest BCUT2D eigenvalue weighted by molar-refractivity contribution is 5.79. The summed E-state index contributed by atoms with van der Waals surface area (Å²) in [6.07, 6.45) is 7.92. The molecular weight excluding hydrogens is 312 g/mol. The van der Waals surface area contributed by atoms with Gasteiger partial charge in [-0.1, -0.05) is 20.8 Å². The van der Waals surface area contributed by atoms with Crippen LogP contribution in [0.4, 0.5) is 0 Å². The Morgan fingerprint density at radius 1 is 1.12 bits per heavy atom. The Balaban J connectivity index is 1.64. The summed E-state index contributed by atoms with van der Waals surface area (Å²) in [6, 6.07) is 0. The van der Waals surface area contributed by atoms with Crippen LogP contribution < -0.4 is 0 Å². The molecular formula is C22H36O3. The van der Waals surface area contributed by atoms with E-state index in [1.807, 2.05) is 0 Å². The Morgan fingerprint density at radius 3 is 2.56 bits per heavy atom. The lowest BCUT2D eigenvalue weighted by Gasteiger charge is -2.61. The first-order valence-corrected chi connectivity index (χ1v) is 10.6. The molecule has 0 radical (unpaired) electrons. The molecule has 0 aromatic rings. The lowest BCUT2D eigenvalue weighted by atomic mass is 9.44. The number of ketones is 1. The summed E-state index contributed by atoms with van der Waals surface area (Å²) in [6.45, 7) is 7.36. The smallest absolute Gasteiger partial charge is 0.133 e. The van der Waals surface area contributed by atoms with Crippen LogP contribution in [0.2, 0.25) is 0 Å². The van der Waals surface area contributed by atoms with Gasteiger partial charge in [0.1, 0.15) is 5.78 Å². The van der Waals surface area contributed by atoms with Crippen molar-refractivity contribution in [3.63, 3.8) is 0 Å². The molecule has 0 aliphatic heterocycles. The van der Waals surface area contributed by atoms with Crippen molar-refractivity contribution in [1.82, 2.24) is 0 Å². The van der Waals surface area contributed by atoms with Crippen molar-refractivity contribution in [2.45, 2.75) is 78.2 Å². The summed E-state index contributed by atoms with van der Waals surface area (Å²) in [5.41, 5.74) is 0.526. The SMILES string of the molecule is C[C@H](CO)C1CCC2C3C(CCC21C)C1(C)CCC(=O)CC1C[C@H]3O. The predicted molar refractivity (Wildman–Crippen MR) is 97.9 cm³/mol. The fourth-order valence-electron chi connectivity index (χ4n) is 8.12. The van der Waals surface area contributed by atoms with Crippen LogP contribution in [0.3, 0.4) is 0 Å². The lowest BCUT2D eigenvalue weighted by Crippen LogP contribution is -2.58. The van der Waals surface area contributed by atoms with E-state index in [2.05, 4.69) is 20.8 Å². The van der Waals surface area contributed by atoms with Crippen LogP contribution in [-0.2, 0) is 4.79 Å². The molecule has 4 rings (SSSR count). The first-order chi connectivity index (χ1) is 11.8. The third kappa shape index (κ3) is 2.48. The molecule has 0 spiro atoms. The number of rotatable bonds is 2. The first-order valence-electron chi connectivity index (χ1n) is 10.6. The van der Waals surface area contributed by atoms with E-state index < -0.39 is 0 Å². The van der Waals surface area contributed by atoms with Crippen LogP contribution in [-0.4, -0.2) is 28.7 Å². The maximum atomic E-state index is 12.0. The van der Waals surface area contributed by atoms with Gasteiger partial charge in [0.2, 0.25) is 0 Å². The second kappa shape index (κ2) is 6.05. The highest BCUT2D eigenvalue weighted by Gasteiger charge is 2.62. The van der Waals surface area contributed by atoms with Crippen molar-refractivity contribution in [1.29, 1.82) is 0 Å². The number of hydrogen-bond acceptors (Lipinski definition) is 3. The number of fused-ring (bicyclic) bond motifs is 5. The maximum Gasteiger partial charge on any atom is 0.133 e. The zero-order valence-corrected chi connectivity index (χ0v) is 16.2. The molecule has 2 N–H and O–H groups in total. The van der Waals surface area contributed by atoms with Gasteiger partial charge in [-0.25, -0.2) is 0 Å². The molecule has 0 aromatic heterocycles. The minimum atomic E-state index is -0.234. The van der Waals surface area contributed by atoms with Crippen molar-refractivity contribution < 1.29 is 15.0 Å². The Kier molecular flexibility index (Phi) is 4.35. The quantitative estimate of drug-likeness (QED) is 0.798. The van der Waals surface area contributed by atoms with Crippen LogP contribution >= 0.6 is 0 Å². The van der Waals surface area contributed by atoms with Gasteiger partial charge in [0.15, 0.2) is 0 Å². The molecule has 4 fully saturated rings. The molecule has 7 unspecified atom stereocenters. The zero-order chi connectivity index (χ0) is 18.0. The zero-order valence-electron chi connectivity index (χ0n) is 16.2. The van der Waals surface area contributed by atoms with Crippen molar-refractivity contribution in [3.05, 3.63) is 0 Å². The number of carbonyl (C=O) groups is 1. The van der Waals surface area contributed by atoms with Crippen LogP contribution in [0.5, 0.6) is 0 Å². The second-order valence-electron chi connectivity index (χ2n) is 10.4. The molecule has 0 saturated heterocycles. The largest absolute Gasteiger partial charge is 0.396 e. The standard InChI is InChI=1S/C22H36O3/c1-13(12-23)16-4-5-17-20-18(7-9-22(16,17)3)21(2)8-6-15(24)10-14(21)11-19(20)25/h13-14,16-20,23,25H,4-12H2,1-3H3/t13-,14?,16?,17?,18?,19-,20?,21?,22?/m1/s1. The summed E-state index contributed by atoms with van der Waals surface area (Å²) in [5, 5.41) is 20.9. The fourth-order valence-corrected chi connectivity index (χ4v) is 8.12. The third-order valence-corrected chi connectivity index (χ3v) is 9.55. The molecule has 0 heterocycles. The van der Waals surface area contributed by atoms with Gasteiger partial charge in [-0.15, -0.1) is 0 Å². The van der Waals surface area contributed by atoms with E-state index in [9.17, 15) is 15.0 Å². The average molecular weight is 349 g/mol. The van der Waals surface area contributed by atoms with Crippen molar-refractivity contribution >= 4 is 5.78 Å².